The van der Waals surface area contributed by atoms with Crippen LogP contribution in [-0.2, 0) is 6.18 Å². The number of benzene rings is 1. The molecular weight excluding hydrogens is 251 g/mol. The molecule has 4 heteroatoms. The summed E-state index contributed by atoms with van der Waals surface area (Å²) in [6, 6.07) is 5.34. The molecule has 0 fully saturated rings. The summed E-state index contributed by atoms with van der Waals surface area (Å²) in [6.45, 7) is 2.40. The first-order valence-electron chi connectivity index (χ1n) is 6.29. The van der Waals surface area contributed by atoms with E-state index >= 15 is 0 Å². The van der Waals surface area contributed by atoms with E-state index < -0.39 is 11.7 Å². The Hall–Kier alpha value is -1.47. The van der Waals surface area contributed by atoms with Crippen LogP contribution in [0.1, 0.15) is 43.4 Å². The van der Waals surface area contributed by atoms with E-state index in [-0.39, 0.29) is 11.6 Å². The smallest absolute Gasteiger partial charge is 0.310 e. The molecule has 0 saturated heterocycles. The molecule has 0 aromatic heterocycles. The van der Waals surface area contributed by atoms with Gasteiger partial charge < -0.3 is 5.32 Å². The third-order valence-electron chi connectivity index (χ3n) is 2.93. The minimum absolute atomic E-state index is 0.284. The Morgan fingerprint density at radius 3 is 2.58 bits per heavy atom. The molecule has 0 radical (unpaired) electrons. The summed E-state index contributed by atoms with van der Waals surface area (Å²) >= 11 is 0. The van der Waals surface area contributed by atoms with Gasteiger partial charge in [0, 0.05) is 12.5 Å². The number of rotatable bonds is 6. The van der Waals surface area contributed by atoms with Crippen molar-refractivity contribution in [2.45, 2.75) is 38.4 Å². The van der Waals surface area contributed by atoms with Gasteiger partial charge in [-0.15, -0.1) is 12.3 Å². The van der Waals surface area contributed by atoms with Gasteiger partial charge in [-0.05, 0) is 37.9 Å². The van der Waals surface area contributed by atoms with Crippen molar-refractivity contribution >= 4 is 0 Å². The van der Waals surface area contributed by atoms with E-state index in [0.717, 1.165) is 18.9 Å². The van der Waals surface area contributed by atoms with Gasteiger partial charge in [-0.25, -0.2) is 0 Å². The monoisotopic (exact) mass is 269 g/mol. The van der Waals surface area contributed by atoms with Crippen LogP contribution in [0.4, 0.5) is 13.2 Å². The van der Waals surface area contributed by atoms with Crippen molar-refractivity contribution in [3.05, 3.63) is 35.4 Å². The van der Waals surface area contributed by atoms with E-state index in [2.05, 4.69) is 11.2 Å². The van der Waals surface area contributed by atoms with Crippen LogP contribution in [0, 0.1) is 12.3 Å². The molecule has 1 atom stereocenters. The third kappa shape index (κ3) is 4.96. The van der Waals surface area contributed by atoms with Crippen molar-refractivity contribution < 1.29 is 13.2 Å². The topological polar surface area (TPSA) is 12.0 Å². The number of halogens is 3. The maximum atomic E-state index is 12.8. The lowest BCUT2D eigenvalue weighted by Gasteiger charge is -2.19. The van der Waals surface area contributed by atoms with Crippen LogP contribution < -0.4 is 5.32 Å². The number of hydrogen-bond donors (Lipinski definition) is 1. The van der Waals surface area contributed by atoms with Gasteiger partial charge in [0.1, 0.15) is 0 Å². The number of unbranched alkanes of at least 4 members (excludes halogenated alkanes) is 2. The molecule has 0 bridgehead atoms. The minimum Gasteiger partial charge on any atom is -0.310 e. The Labute approximate surface area is 112 Å². The molecular formula is C15H18F3N. The maximum absolute atomic E-state index is 12.8. The van der Waals surface area contributed by atoms with Crippen LogP contribution in [-0.4, -0.2) is 6.54 Å². The zero-order valence-corrected chi connectivity index (χ0v) is 10.9. The first-order valence-corrected chi connectivity index (χ1v) is 6.29. The Balaban J connectivity index is 2.62. The van der Waals surface area contributed by atoms with Crippen molar-refractivity contribution in [2.75, 3.05) is 6.54 Å². The highest BCUT2D eigenvalue weighted by atomic mass is 19.4. The predicted molar refractivity (Wildman–Crippen MR) is 70.5 cm³/mol. The summed E-state index contributed by atoms with van der Waals surface area (Å²) < 4.78 is 38.5. The average molecular weight is 269 g/mol. The highest BCUT2D eigenvalue weighted by Crippen LogP contribution is 2.34. The van der Waals surface area contributed by atoms with Crippen LogP contribution in [0.5, 0.6) is 0 Å². The summed E-state index contributed by atoms with van der Waals surface area (Å²) in [5, 5.41) is 3.10. The molecule has 1 nitrogen and oxygen atoms in total. The molecule has 0 amide bonds. The van der Waals surface area contributed by atoms with Gasteiger partial charge in [0.2, 0.25) is 0 Å². The fourth-order valence-corrected chi connectivity index (χ4v) is 1.91. The van der Waals surface area contributed by atoms with Crippen LogP contribution in [0.2, 0.25) is 0 Å². The van der Waals surface area contributed by atoms with Crippen LogP contribution >= 0.6 is 0 Å². The molecule has 0 aliphatic carbocycles. The van der Waals surface area contributed by atoms with E-state index in [1.165, 1.54) is 12.1 Å². The molecule has 19 heavy (non-hydrogen) atoms. The highest BCUT2D eigenvalue weighted by Gasteiger charge is 2.33. The van der Waals surface area contributed by atoms with E-state index in [1.54, 1.807) is 13.0 Å². The first-order chi connectivity index (χ1) is 8.96. The molecule has 0 aliphatic heterocycles. The average Bonchev–Trinajstić information content (AvgIpc) is 2.37. The normalized spacial score (nSPS) is 13.0. The second-order valence-corrected chi connectivity index (χ2v) is 4.42. The van der Waals surface area contributed by atoms with Gasteiger partial charge in [0.25, 0.3) is 0 Å². The van der Waals surface area contributed by atoms with Gasteiger partial charge in [0.05, 0.1) is 5.56 Å². The Morgan fingerprint density at radius 1 is 1.26 bits per heavy atom. The Bertz CT molecular complexity index is 432. The maximum Gasteiger partial charge on any atom is 0.416 e. The lowest BCUT2D eigenvalue weighted by molar-refractivity contribution is -0.138. The van der Waals surface area contributed by atoms with Crippen LogP contribution in [0.3, 0.4) is 0 Å². The number of terminal acetylenes is 1. The zero-order chi connectivity index (χ0) is 14.3. The van der Waals surface area contributed by atoms with E-state index in [1.807, 2.05) is 0 Å². The Morgan fingerprint density at radius 2 is 1.95 bits per heavy atom. The van der Waals surface area contributed by atoms with Crippen LogP contribution in [0.15, 0.2) is 24.3 Å². The zero-order valence-electron chi connectivity index (χ0n) is 10.9. The molecule has 0 saturated carbocycles. The number of nitrogens with one attached hydrogen (secondary N) is 1. The molecule has 0 heterocycles. The molecule has 1 rings (SSSR count). The number of alkyl halides is 3. The van der Waals surface area contributed by atoms with Gasteiger partial charge in [-0.1, -0.05) is 18.2 Å². The first kappa shape index (κ1) is 15.6. The molecule has 1 N–H and O–H groups in total. The minimum atomic E-state index is -4.31. The summed E-state index contributed by atoms with van der Waals surface area (Å²) in [4.78, 5) is 0. The van der Waals surface area contributed by atoms with Crippen LogP contribution in [0.25, 0.3) is 0 Å². The second-order valence-electron chi connectivity index (χ2n) is 4.42. The van der Waals surface area contributed by atoms with Crippen molar-refractivity contribution in [1.29, 1.82) is 0 Å². The lowest BCUT2D eigenvalue weighted by Crippen LogP contribution is -2.23. The molecule has 1 unspecified atom stereocenters. The van der Waals surface area contributed by atoms with Crippen molar-refractivity contribution in [1.82, 2.24) is 5.32 Å². The predicted octanol–water partition coefficient (Wildman–Crippen LogP) is 4.16. The fourth-order valence-electron chi connectivity index (χ4n) is 1.91. The fraction of sp³-hybridized carbons (Fsp3) is 0.467. The molecule has 104 valence electrons. The SMILES string of the molecule is C#CCCCCNC(C)c1ccccc1C(F)(F)F. The summed E-state index contributed by atoms with van der Waals surface area (Å²) in [5.41, 5.74) is -0.287. The van der Waals surface area contributed by atoms with Crippen molar-refractivity contribution in [2.24, 2.45) is 0 Å². The van der Waals surface area contributed by atoms with E-state index in [9.17, 15) is 13.2 Å². The summed E-state index contributed by atoms with van der Waals surface area (Å²) in [6.07, 6.45) is 3.28. The number of hydrogen-bond acceptors (Lipinski definition) is 1. The lowest BCUT2D eigenvalue weighted by atomic mass is 10.0. The van der Waals surface area contributed by atoms with Crippen molar-refractivity contribution in [3.63, 3.8) is 0 Å². The molecule has 0 aliphatic rings. The van der Waals surface area contributed by atoms with Crippen molar-refractivity contribution in [3.8, 4) is 12.3 Å². The standard InChI is InChI=1S/C15H18F3N/c1-3-4-5-8-11-19-12(2)13-9-6-7-10-14(13)15(16,17)18/h1,6-7,9-10,12,19H,4-5,8,11H2,2H3. The summed E-state index contributed by atoms with van der Waals surface area (Å²) in [5.74, 6) is 2.54. The largest absolute Gasteiger partial charge is 0.416 e. The van der Waals surface area contributed by atoms with Gasteiger partial charge in [-0.3, -0.25) is 0 Å². The third-order valence-corrected chi connectivity index (χ3v) is 2.93. The Kier molecular flexibility index (Phi) is 5.91. The quantitative estimate of drug-likeness (QED) is 0.604. The van der Waals surface area contributed by atoms with Gasteiger partial charge in [-0.2, -0.15) is 13.2 Å². The van der Waals surface area contributed by atoms with Gasteiger partial charge in [0.15, 0.2) is 0 Å². The molecule has 1 aromatic rings. The van der Waals surface area contributed by atoms with Gasteiger partial charge >= 0.3 is 6.18 Å². The molecule has 1 aromatic carbocycles. The summed E-state index contributed by atoms with van der Waals surface area (Å²) in [7, 11) is 0. The van der Waals surface area contributed by atoms with E-state index in [0.29, 0.717) is 13.0 Å². The van der Waals surface area contributed by atoms with E-state index in [4.69, 9.17) is 6.42 Å². The second kappa shape index (κ2) is 7.20. The highest BCUT2D eigenvalue weighted by molar-refractivity contribution is 5.31. The molecule has 0 spiro atoms.